The van der Waals surface area contributed by atoms with Gasteiger partial charge in [-0.3, -0.25) is 9.48 Å². The SMILES string of the molecule is CNC(C(=O)NC(C)c1c(F)cccc1OC)c1cnn(C)c1.Cl. The van der Waals surface area contributed by atoms with Gasteiger partial charge in [-0.15, -0.1) is 12.4 Å². The molecule has 1 aromatic heterocycles. The monoisotopic (exact) mass is 356 g/mol. The van der Waals surface area contributed by atoms with E-state index in [2.05, 4.69) is 15.7 Å². The molecule has 0 bridgehead atoms. The Kier molecular flexibility index (Phi) is 7.18. The van der Waals surface area contributed by atoms with E-state index < -0.39 is 17.9 Å². The van der Waals surface area contributed by atoms with Crippen LogP contribution in [0.4, 0.5) is 4.39 Å². The zero-order chi connectivity index (χ0) is 17.0. The molecule has 8 heteroatoms. The lowest BCUT2D eigenvalue weighted by atomic mass is 10.0. The average molecular weight is 357 g/mol. The lowest BCUT2D eigenvalue weighted by molar-refractivity contribution is -0.123. The van der Waals surface area contributed by atoms with Crippen LogP contribution in [0.25, 0.3) is 0 Å². The van der Waals surface area contributed by atoms with Crippen molar-refractivity contribution in [3.63, 3.8) is 0 Å². The summed E-state index contributed by atoms with van der Waals surface area (Å²) in [5, 5.41) is 9.82. The molecule has 1 amide bonds. The molecule has 0 fully saturated rings. The summed E-state index contributed by atoms with van der Waals surface area (Å²) in [4.78, 5) is 12.5. The first-order chi connectivity index (χ1) is 11.0. The van der Waals surface area contributed by atoms with E-state index >= 15 is 0 Å². The summed E-state index contributed by atoms with van der Waals surface area (Å²) in [5.41, 5.74) is 1.06. The highest BCUT2D eigenvalue weighted by Crippen LogP contribution is 2.28. The van der Waals surface area contributed by atoms with Gasteiger partial charge in [0.15, 0.2) is 0 Å². The Hall–Kier alpha value is -2.12. The van der Waals surface area contributed by atoms with E-state index in [0.717, 1.165) is 5.56 Å². The minimum Gasteiger partial charge on any atom is -0.496 e. The molecule has 0 aliphatic carbocycles. The maximum atomic E-state index is 14.1. The number of methoxy groups -OCH3 is 1. The molecule has 2 rings (SSSR count). The Balaban J connectivity index is 0.00000288. The molecule has 24 heavy (non-hydrogen) atoms. The van der Waals surface area contributed by atoms with Crippen LogP contribution >= 0.6 is 12.4 Å². The van der Waals surface area contributed by atoms with Gasteiger partial charge in [-0.1, -0.05) is 6.07 Å². The van der Waals surface area contributed by atoms with Crippen LogP contribution in [0.15, 0.2) is 30.6 Å². The Labute approximate surface area is 146 Å². The van der Waals surface area contributed by atoms with Gasteiger partial charge in [0.2, 0.25) is 5.91 Å². The second kappa shape index (κ2) is 8.65. The van der Waals surface area contributed by atoms with E-state index in [-0.39, 0.29) is 18.3 Å². The van der Waals surface area contributed by atoms with Crippen LogP contribution in [0, 0.1) is 5.82 Å². The Morgan fingerprint density at radius 1 is 1.42 bits per heavy atom. The number of amides is 1. The fourth-order valence-corrected chi connectivity index (χ4v) is 2.52. The number of hydrogen-bond acceptors (Lipinski definition) is 4. The fourth-order valence-electron chi connectivity index (χ4n) is 2.52. The van der Waals surface area contributed by atoms with Gasteiger partial charge in [-0.2, -0.15) is 5.10 Å². The third kappa shape index (κ3) is 4.24. The van der Waals surface area contributed by atoms with Gasteiger partial charge in [0.1, 0.15) is 17.6 Å². The highest BCUT2D eigenvalue weighted by atomic mass is 35.5. The van der Waals surface area contributed by atoms with E-state index in [1.165, 1.54) is 13.2 Å². The molecule has 0 aliphatic heterocycles. The second-order valence-electron chi connectivity index (χ2n) is 5.26. The van der Waals surface area contributed by atoms with Gasteiger partial charge in [-0.25, -0.2) is 4.39 Å². The minimum atomic E-state index is -0.566. The molecule has 2 N–H and O–H groups in total. The predicted octanol–water partition coefficient (Wildman–Crippen LogP) is 2.13. The molecule has 132 valence electrons. The molecule has 1 heterocycles. The zero-order valence-electron chi connectivity index (χ0n) is 14.0. The fraction of sp³-hybridized carbons (Fsp3) is 0.375. The predicted molar refractivity (Wildman–Crippen MR) is 91.8 cm³/mol. The maximum absolute atomic E-state index is 14.1. The molecule has 6 nitrogen and oxygen atoms in total. The maximum Gasteiger partial charge on any atom is 0.242 e. The van der Waals surface area contributed by atoms with E-state index in [1.807, 2.05) is 0 Å². The molecular formula is C16H22ClFN4O2. The van der Waals surface area contributed by atoms with Crippen LogP contribution in [0.1, 0.15) is 30.1 Å². The summed E-state index contributed by atoms with van der Waals surface area (Å²) in [6, 6.07) is 3.47. The van der Waals surface area contributed by atoms with Gasteiger partial charge in [-0.05, 0) is 26.1 Å². The van der Waals surface area contributed by atoms with Crippen molar-refractivity contribution in [1.82, 2.24) is 20.4 Å². The topological polar surface area (TPSA) is 68.2 Å². The van der Waals surface area contributed by atoms with Crippen molar-refractivity contribution in [1.29, 1.82) is 0 Å². The summed E-state index contributed by atoms with van der Waals surface area (Å²) in [5.74, 6) is -0.280. The molecule has 0 saturated carbocycles. The number of nitrogens with one attached hydrogen (secondary N) is 2. The smallest absolute Gasteiger partial charge is 0.242 e. The number of nitrogens with zero attached hydrogens (tertiary/aromatic N) is 2. The zero-order valence-corrected chi connectivity index (χ0v) is 14.9. The molecule has 0 spiro atoms. The number of carbonyl (C=O) groups excluding carboxylic acids is 1. The molecule has 1 aromatic carbocycles. The van der Waals surface area contributed by atoms with E-state index in [0.29, 0.717) is 11.3 Å². The number of aryl methyl sites for hydroxylation is 1. The summed E-state index contributed by atoms with van der Waals surface area (Å²) in [6.07, 6.45) is 3.38. The van der Waals surface area contributed by atoms with Crippen molar-refractivity contribution in [2.45, 2.75) is 19.0 Å². The molecule has 2 unspecified atom stereocenters. The summed E-state index contributed by atoms with van der Waals surface area (Å²) in [6.45, 7) is 1.72. The molecule has 0 saturated heterocycles. The van der Waals surface area contributed by atoms with Crippen molar-refractivity contribution in [3.05, 3.63) is 47.5 Å². The van der Waals surface area contributed by atoms with Gasteiger partial charge < -0.3 is 15.4 Å². The number of likely N-dealkylation sites (N-methyl/N-ethyl adjacent to an activating group) is 1. The van der Waals surface area contributed by atoms with Gasteiger partial charge in [0, 0.05) is 18.8 Å². The number of rotatable bonds is 6. The van der Waals surface area contributed by atoms with Crippen LogP contribution in [-0.2, 0) is 11.8 Å². The first kappa shape index (κ1) is 19.9. The van der Waals surface area contributed by atoms with Crippen molar-refractivity contribution in [3.8, 4) is 5.75 Å². The number of carbonyl (C=O) groups is 1. The van der Waals surface area contributed by atoms with Crippen molar-refractivity contribution >= 4 is 18.3 Å². The Morgan fingerprint density at radius 2 is 2.12 bits per heavy atom. The van der Waals surface area contributed by atoms with E-state index in [1.54, 1.807) is 50.2 Å². The largest absolute Gasteiger partial charge is 0.496 e. The van der Waals surface area contributed by atoms with Crippen LogP contribution in [-0.4, -0.2) is 29.8 Å². The quantitative estimate of drug-likeness (QED) is 0.832. The van der Waals surface area contributed by atoms with Crippen molar-refractivity contribution < 1.29 is 13.9 Å². The highest BCUT2D eigenvalue weighted by molar-refractivity contribution is 5.85. The molecule has 2 aromatic rings. The van der Waals surface area contributed by atoms with Gasteiger partial charge in [0.05, 0.1) is 24.9 Å². The van der Waals surface area contributed by atoms with Crippen LogP contribution < -0.4 is 15.4 Å². The first-order valence-corrected chi connectivity index (χ1v) is 7.26. The number of ether oxygens (including phenoxy) is 1. The van der Waals surface area contributed by atoms with E-state index in [4.69, 9.17) is 4.74 Å². The molecule has 0 aliphatic rings. The normalized spacial score (nSPS) is 12.9. The second-order valence-corrected chi connectivity index (χ2v) is 5.26. The van der Waals surface area contributed by atoms with Crippen LogP contribution in [0.2, 0.25) is 0 Å². The van der Waals surface area contributed by atoms with Gasteiger partial charge in [0.25, 0.3) is 0 Å². The molecule has 2 atom stereocenters. The van der Waals surface area contributed by atoms with Gasteiger partial charge >= 0.3 is 0 Å². The number of benzene rings is 1. The summed E-state index contributed by atoms with van der Waals surface area (Å²) in [7, 11) is 4.94. The first-order valence-electron chi connectivity index (χ1n) is 7.26. The number of aromatic nitrogens is 2. The lowest BCUT2D eigenvalue weighted by Gasteiger charge is -2.21. The Bertz CT molecular complexity index is 692. The van der Waals surface area contributed by atoms with Crippen LogP contribution in [0.5, 0.6) is 5.75 Å². The number of hydrogen-bond donors (Lipinski definition) is 2. The summed E-state index contributed by atoms with van der Waals surface area (Å²) < 4.78 is 20.9. The molecular weight excluding hydrogens is 335 g/mol. The highest BCUT2D eigenvalue weighted by Gasteiger charge is 2.24. The average Bonchev–Trinajstić information content (AvgIpc) is 2.93. The third-order valence-electron chi connectivity index (χ3n) is 3.63. The standard InChI is InChI=1S/C16H21FN4O2.ClH/c1-10(14-12(17)6-5-7-13(14)23-4)20-16(22)15(18-2)11-8-19-21(3)9-11;/h5-10,15,18H,1-4H3,(H,20,22);1H. The van der Waals surface area contributed by atoms with Crippen LogP contribution in [0.3, 0.4) is 0 Å². The molecule has 0 radical (unpaired) electrons. The van der Waals surface area contributed by atoms with Crippen molar-refractivity contribution in [2.24, 2.45) is 7.05 Å². The number of halogens is 2. The lowest BCUT2D eigenvalue weighted by Crippen LogP contribution is -2.37. The minimum absolute atomic E-state index is 0. The Morgan fingerprint density at radius 3 is 2.67 bits per heavy atom. The third-order valence-corrected chi connectivity index (χ3v) is 3.63. The van der Waals surface area contributed by atoms with E-state index in [9.17, 15) is 9.18 Å². The van der Waals surface area contributed by atoms with Crippen molar-refractivity contribution in [2.75, 3.05) is 14.2 Å². The summed E-state index contributed by atoms with van der Waals surface area (Å²) >= 11 is 0.